The summed E-state index contributed by atoms with van der Waals surface area (Å²) in [5.74, 6) is 0.456. The third-order valence-corrected chi connectivity index (χ3v) is 10.9. The highest BCUT2D eigenvalue weighted by Crippen LogP contribution is 2.74. The fourth-order valence-corrected chi connectivity index (χ4v) is 8.97. The van der Waals surface area contributed by atoms with Crippen molar-refractivity contribution in [2.75, 3.05) is 0 Å². The molecule has 6 heteroatoms. The summed E-state index contributed by atoms with van der Waals surface area (Å²) in [6.45, 7) is 7.93. The molecule has 7 rings (SSSR count). The molecule has 0 radical (unpaired) electrons. The zero-order valence-corrected chi connectivity index (χ0v) is 19.9. The quantitative estimate of drug-likeness (QED) is 0.498. The molecular weight excluding hydrogens is 418 g/mol. The first-order valence-electron chi connectivity index (χ1n) is 12.6. The van der Waals surface area contributed by atoms with Crippen LogP contribution in [0.15, 0.2) is 24.3 Å². The van der Waals surface area contributed by atoms with E-state index in [2.05, 4.69) is 43.1 Å². The molecule has 1 aromatic carbocycles. The van der Waals surface area contributed by atoms with Gasteiger partial charge in [-0.1, -0.05) is 32.0 Å². The van der Waals surface area contributed by atoms with E-state index in [4.69, 9.17) is 9.47 Å². The normalized spacial score (nSPS) is 50.2. The number of H-pyrrole nitrogens is 1. The Morgan fingerprint density at radius 2 is 1.88 bits per heavy atom. The summed E-state index contributed by atoms with van der Waals surface area (Å²) in [5.41, 5.74) is -0.0565. The van der Waals surface area contributed by atoms with Crippen LogP contribution in [0, 0.1) is 11.3 Å². The molecule has 2 saturated carbocycles. The van der Waals surface area contributed by atoms with Crippen LogP contribution in [0.25, 0.3) is 10.9 Å². The molecule has 178 valence electrons. The van der Waals surface area contributed by atoms with Crippen molar-refractivity contribution in [3.8, 4) is 0 Å². The van der Waals surface area contributed by atoms with Gasteiger partial charge in [0.1, 0.15) is 23.9 Å². The smallest absolute Gasteiger partial charge is 0.152 e. The number of hydrogen-bond donors (Lipinski definition) is 4. The van der Waals surface area contributed by atoms with Crippen LogP contribution < -0.4 is 0 Å². The predicted molar refractivity (Wildman–Crippen MR) is 123 cm³/mol. The van der Waals surface area contributed by atoms with Gasteiger partial charge in [-0.25, -0.2) is 0 Å². The second kappa shape index (κ2) is 5.85. The number of aromatic nitrogens is 1. The molecule has 1 aromatic heterocycles. The molecule has 3 heterocycles. The van der Waals surface area contributed by atoms with Crippen molar-refractivity contribution in [3.05, 3.63) is 35.5 Å². The van der Waals surface area contributed by atoms with Crippen LogP contribution in [0.5, 0.6) is 0 Å². The van der Waals surface area contributed by atoms with Crippen LogP contribution in [0.3, 0.4) is 0 Å². The van der Waals surface area contributed by atoms with E-state index in [0.717, 1.165) is 31.2 Å². The van der Waals surface area contributed by atoms with Gasteiger partial charge in [0.2, 0.25) is 0 Å². The molecule has 6 nitrogen and oxygen atoms in total. The minimum Gasteiger partial charge on any atom is -0.388 e. The Morgan fingerprint density at radius 3 is 2.64 bits per heavy atom. The van der Waals surface area contributed by atoms with E-state index in [0.29, 0.717) is 12.3 Å². The van der Waals surface area contributed by atoms with Gasteiger partial charge in [-0.3, -0.25) is 0 Å². The maximum absolute atomic E-state index is 12.7. The summed E-state index contributed by atoms with van der Waals surface area (Å²) in [5, 5.41) is 35.7. The molecule has 9 atom stereocenters. The van der Waals surface area contributed by atoms with Crippen LogP contribution in [0.4, 0.5) is 0 Å². The van der Waals surface area contributed by atoms with Gasteiger partial charge in [-0.05, 0) is 63.5 Å². The van der Waals surface area contributed by atoms with Gasteiger partial charge in [-0.2, -0.15) is 0 Å². The van der Waals surface area contributed by atoms with Gasteiger partial charge in [0.05, 0.1) is 11.7 Å². The molecule has 33 heavy (non-hydrogen) atoms. The van der Waals surface area contributed by atoms with Crippen LogP contribution >= 0.6 is 0 Å². The second-order valence-electron chi connectivity index (χ2n) is 12.4. The molecule has 3 aliphatic carbocycles. The molecular formula is C27H35NO5. The lowest BCUT2D eigenvalue weighted by Gasteiger charge is -2.66. The Kier molecular flexibility index (Phi) is 3.70. The van der Waals surface area contributed by atoms with Crippen LogP contribution in [0.2, 0.25) is 0 Å². The SMILES string of the molecule is CC(C)(O)[C@H]1OC2CC[C@@]3(C)[C@@](O)(CCC4Cc5c([nH]c6ccccc56)[C@@]43C)[C@]23O[C@H]3[C@@H]1O. The first-order chi connectivity index (χ1) is 15.5. The molecule has 2 aliphatic heterocycles. The molecule has 2 saturated heterocycles. The number of epoxide rings is 1. The van der Waals surface area contributed by atoms with Crippen molar-refractivity contribution in [2.45, 2.75) is 106 Å². The van der Waals surface area contributed by atoms with E-state index in [1.165, 1.54) is 16.6 Å². The number of ether oxygens (including phenoxy) is 2. The summed E-state index contributed by atoms with van der Waals surface area (Å²) in [6, 6.07) is 8.52. The minimum atomic E-state index is -1.19. The average molecular weight is 454 g/mol. The standard InChI is InChI=1S/C27H35NO5/c1-23(2,30)21-19(29)22-27(33-22)18(32-21)10-11-24(3)25(4)14(9-12-26(24,27)31)13-16-15-7-5-6-8-17(15)28-20(16)25/h5-8,14,18-19,21-22,28-31H,9-13H2,1-4H3/t14?,18?,19-,21+,22+,24-,25-,26+,27+/m1/s1. The average Bonchev–Trinajstić information content (AvgIpc) is 3.34. The van der Waals surface area contributed by atoms with Crippen LogP contribution in [0.1, 0.15) is 64.6 Å². The Labute approximate surface area is 194 Å². The largest absolute Gasteiger partial charge is 0.388 e. The molecule has 2 aromatic rings. The van der Waals surface area contributed by atoms with Gasteiger partial charge in [0.25, 0.3) is 0 Å². The number of nitrogens with one attached hydrogen (secondary N) is 1. The third kappa shape index (κ3) is 2.08. The van der Waals surface area contributed by atoms with Crippen LogP contribution in [-0.2, 0) is 21.3 Å². The second-order valence-corrected chi connectivity index (χ2v) is 12.4. The molecule has 4 fully saturated rings. The summed E-state index contributed by atoms with van der Waals surface area (Å²) in [6.07, 6.45) is 1.60. The first-order valence-corrected chi connectivity index (χ1v) is 12.6. The highest BCUT2D eigenvalue weighted by molar-refractivity contribution is 5.86. The van der Waals surface area contributed by atoms with Crippen LogP contribution in [-0.4, -0.2) is 61.5 Å². The maximum atomic E-state index is 12.7. The molecule has 0 amide bonds. The number of hydrogen-bond acceptors (Lipinski definition) is 5. The Balaban J connectivity index is 1.36. The number of aromatic amines is 1. The third-order valence-electron chi connectivity index (χ3n) is 10.9. The first kappa shape index (κ1) is 20.9. The predicted octanol–water partition coefficient (Wildman–Crippen LogP) is 2.96. The fourth-order valence-electron chi connectivity index (χ4n) is 8.97. The fraction of sp³-hybridized carbons (Fsp3) is 0.704. The lowest BCUT2D eigenvalue weighted by molar-refractivity contribution is -0.280. The van der Waals surface area contributed by atoms with E-state index in [-0.39, 0.29) is 11.5 Å². The summed E-state index contributed by atoms with van der Waals surface area (Å²) >= 11 is 0. The topological polar surface area (TPSA) is 98.2 Å². The summed E-state index contributed by atoms with van der Waals surface area (Å²) < 4.78 is 12.7. The van der Waals surface area contributed by atoms with Gasteiger partial charge >= 0.3 is 0 Å². The lowest BCUT2D eigenvalue weighted by atomic mass is 9.40. The highest BCUT2D eigenvalue weighted by atomic mass is 16.7. The van der Waals surface area contributed by atoms with E-state index in [1.54, 1.807) is 13.8 Å². The summed E-state index contributed by atoms with van der Waals surface area (Å²) in [4.78, 5) is 3.76. The Hall–Kier alpha value is -1.44. The number of aliphatic hydroxyl groups excluding tert-OH is 1. The van der Waals surface area contributed by atoms with Crippen molar-refractivity contribution in [1.82, 2.24) is 4.98 Å². The van der Waals surface area contributed by atoms with E-state index in [1.807, 2.05) is 0 Å². The summed E-state index contributed by atoms with van der Waals surface area (Å²) in [7, 11) is 0. The molecule has 5 aliphatic rings. The highest BCUT2D eigenvalue weighted by Gasteiger charge is 2.86. The molecule has 0 bridgehead atoms. The Bertz CT molecular complexity index is 1170. The Morgan fingerprint density at radius 1 is 1.12 bits per heavy atom. The molecule has 1 spiro atoms. The zero-order valence-electron chi connectivity index (χ0n) is 19.9. The van der Waals surface area contributed by atoms with Gasteiger partial charge in [0.15, 0.2) is 5.60 Å². The molecule has 2 unspecified atom stereocenters. The minimum absolute atomic E-state index is 0.234. The van der Waals surface area contributed by atoms with Gasteiger partial charge < -0.3 is 29.8 Å². The monoisotopic (exact) mass is 453 g/mol. The van der Waals surface area contributed by atoms with Crippen molar-refractivity contribution in [1.29, 1.82) is 0 Å². The van der Waals surface area contributed by atoms with Crippen molar-refractivity contribution < 1.29 is 24.8 Å². The number of rotatable bonds is 1. The van der Waals surface area contributed by atoms with Crippen molar-refractivity contribution in [2.24, 2.45) is 11.3 Å². The van der Waals surface area contributed by atoms with E-state index in [9.17, 15) is 15.3 Å². The molecule has 4 N–H and O–H groups in total. The number of aliphatic hydroxyl groups is 3. The van der Waals surface area contributed by atoms with Crippen molar-refractivity contribution >= 4 is 10.9 Å². The maximum Gasteiger partial charge on any atom is 0.152 e. The van der Waals surface area contributed by atoms with Gasteiger partial charge in [-0.15, -0.1) is 0 Å². The number of para-hydroxylation sites is 1. The lowest BCUT2D eigenvalue weighted by Crippen LogP contribution is -2.76. The number of fused-ring (bicyclic) bond motifs is 7. The zero-order chi connectivity index (χ0) is 23.2. The van der Waals surface area contributed by atoms with Crippen molar-refractivity contribution in [3.63, 3.8) is 0 Å². The van der Waals surface area contributed by atoms with Gasteiger partial charge in [0, 0.05) is 27.4 Å². The van der Waals surface area contributed by atoms with E-state index < -0.39 is 40.5 Å². The number of benzene rings is 1. The van der Waals surface area contributed by atoms with E-state index >= 15 is 0 Å².